The van der Waals surface area contributed by atoms with Gasteiger partial charge in [-0.3, -0.25) is 4.79 Å². The van der Waals surface area contributed by atoms with E-state index in [0.29, 0.717) is 17.3 Å². The van der Waals surface area contributed by atoms with Gasteiger partial charge >= 0.3 is 5.97 Å². The molecule has 0 saturated carbocycles. The summed E-state index contributed by atoms with van der Waals surface area (Å²) in [5.41, 5.74) is 4.58. The lowest BCUT2D eigenvalue weighted by atomic mass is 9.83. The lowest BCUT2D eigenvalue weighted by Crippen LogP contribution is -2.25. The van der Waals surface area contributed by atoms with E-state index >= 15 is 0 Å². The molecule has 0 radical (unpaired) electrons. The van der Waals surface area contributed by atoms with Crippen LogP contribution in [-0.2, 0) is 21.6 Å². The van der Waals surface area contributed by atoms with Crippen LogP contribution in [-0.4, -0.2) is 37.7 Å². The number of benzene rings is 2. The molecule has 0 bridgehead atoms. The van der Waals surface area contributed by atoms with Crippen molar-refractivity contribution in [3.05, 3.63) is 82.4 Å². The summed E-state index contributed by atoms with van der Waals surface area (Å²) in [6.07, 6.45) is 1.56. The monoisotopic (exact) mass is 490 g/mol. The molecule has 0 fully saturated rings. The molecule has 0 unspecified atom stereocenters. The molecular weight excluding hydrogens is 460 g/mol. The second kappa shape index (κ2) is 9.89. The molecule has 188 valence electrons. The van der Waals surface area contributed by atoms with Crippen molar-refractivity contribution >= 4 is 17.4 Å². The average Bonchev–Trinajstić information content (AvgIpc) is 3.29. The lowest BCUT2D eigenvalue weighted by molar-refractivity contribution is -0.117. The summed E-state index contributed by atoms with van der Waals surface area (Å²) in [6.45, 7) is 7.68. The smallest absolute Gasteiger partial charge is 0.338 e. The van der Waals surface area contributed by atoms with Gasteiger partial charge in [0.25, 0.3) is 0 Å². The molecule has 0 N–H and O–H groups in total. The largest absolute Gasteiger partial charge is 0.493 e. The van der Waals surface area contributed by atoms with Gasteiger partial charge in [-0.2, -0.15) is 0 Å². The number of para-hydroxylation sites is 1. The van der Waals surface area contributed by atoms with Crippen LogP contribution in [0.1, 0.15) is 46.8 Å². The van der Waals surface area contributed by atoms with Gasteiger partial charge in [0, 0.05) is 29.9 Å². The van der Waals surface area contributed by atoms with Gasteiger partial charge in [-0.1, -0.05) is 37.2 Å². The summed E-state index contributed by atoms with van der Waals surface area (Å²) in [4.78, 5) is 27.4. The van der Waals surface area contributed by atoms with Crippen LogP contribution >= 0.6 is 0 Å². The third kappa shape index (κ3) is 4.71. The van der Waals surface area contributed by atoms with Crippen LogP contribution in [0.25, 0.3) is 0 Å². The molecule has 8 heteroatoms. The van der Waals surface area contributed by atoms with E-state index in [1.807, 2.05) is 44.0 Å². The van der Waals surface area contributed by atoms with E-state index in [2.05, 4.69) is 25.1 Å². The number of ether oxygens (including phenoxy) is 3. The van der Waals surface area contributed by atoms with Crippen molar-refractivity contribution in [3.8, 4) is 11.5 Å². The molecule has 0 spiro atoms. The number of methoxy groups -OCH3 is 1. The van der Waals surface area contributed by atoms with Crippen LogP contribution < -0.4 is 14.4 Å². The number of likely N-dealkylation sites (N-methyl/N-ethyl adjacent to an activating group) is 1. The summed E-state index contributed by atoms with van der Waals surface area (Å²) in [7, 11) is 3.42. The standard InChI is InChI=1S/C28H30N2O6/c1-17-21(18(2)36-29-17)16-34-24-12-11-19(13-25(24)33-6)27(32)35-15-20(31)14-26-28(3,4)22-9-7-8-10-23(22)30(26)5/h7-14H,15-16H2,1-6H3/b26-14-. The third-order valence-electron chi connectivity index (χ3n) is 6.54. The molecular formula is C28H30N2O6. The lowest BCUT2D eigenvalue weighted by Gasteiger charge is -2.23. The molecule has 0 aliphatic carbocycles. The van der Waals surface area contributed by atoms with E-state index in [-0.39, 0.29) is 30.0 Å². The number of anilines is 1. The number of aromatic nitrogens is 1. The Morgan fingerprint density at radius 3 is 2.53 bits per heavy atom. The minimum atomic E-state index is -0.625. The Kier molecular flexibility index (Phi) is 6.88. The molecule has 2 aromatic carbocycles. The van der Waals surface area contributed by atoms with E-state index in [9.17, 15) is 9.59 Å². The second-order valence-electron chi connectivity index (χ2n) is 9.23. The number of carbonyl (C=O) groups excluding carboxylic acids is 2. The molecule has 4 rings (SSSR count). The SMILES string of the molecule is COc1cc(C(=O)OCC(=O)/C=C2\N(C)c3ccccc3C2(C)C)ccc1OCc1c(C)noc1C. The van der Waals surface area contributed by atoms with Gasteiger partial charge in [0.2, 0.25) is 0 Å². The maximum atomic E-state index is 12.7. The van der Waals surface area contributed by atoms with Crippen molar-refractivity contribution in [2.75, 3.05) is 25.7 Å². The summed E-state index contributed by atoms with van der Waals surface area (Å²) in [6, 6.07) is 12.8. The average molecular weight is 491 g/mol. The Morgan fingerprint density at radius 1 is 1.11 bits per heavy atom. The Morgan fingerprint density at radius 2 is 1.86 bits per heavy atom. The molecule has 1 aliphatic rings. The summed E-state index contributed by atoms with van der Waals surface area (Å²) >= 11 is 0. The summed E-state index contributed by atoms with van der Waals surface area (Å²) in [5.74, 6) is 0.595. The van der Waals surface area contributed by atoms with Crippen molar-refractivity contribution in [3.63, 3.8) is 0 Å². The Balaban J connectivity index is 1.41. The zero-order valence-corrected chi connectivity index (χ0v) is 21.4. The highest BCUT2D eigenvalue weighted by Gasteiger charge is 2.38. The number of nitrogens with zero attached hydrogens (tertiary/aromatic N) is 2. The number of hydrogen-bond donors (Lipinski definition) is 0. The van der Waals surface area contributed by atoms with Crippen LogP contribution in [0.15, 0.2) is 58.8 Å². The van der Waals surface area contributed by atoms with Gasteiger partial charge in [0.1, 0.15) is 12.4 Å². The van der Waals surface area contributed by atoms with E-state index in [1.54, 1.807) is 18.2 Å². The Hall–Kier alpha value is -4.07. The molecule has 8 nitrogen and oxygen atoms in total. The highest BCUT2D eigenvalue weighted by Crippen LogP contribution is 2.46. The topological polar surface area (TPSA) is 91.1 Å². The maximum absolute atomic E-state index is 12.7. The van der Waals surface area contributed by atoms with Crippen molar-refractivity contribution in [1.29, 1.82) is 0 Å². The van der Waals surface area contributed by atoms with Gasteiger partial charge in [0.05, 0.1) is 23.9 Å². The van der Waals surface area contributed by atoms with Crippen molar-refractivity contribution < 1.29 is 28.3 Å². The van der Waals surface area contributed by atoms with Crippen molar-refractivity contribution in [2.45, 2.75) is 39.7 Å². The first-order valence-electron chi connectivity index (χ1n) is 11.6. The molecule has 0 amide bonds. The molecule has 3 aromatic rings. The normalized spacial score (nSPS) is 15.1. The second-order valence-corrected chi connectivity index (χ2v) is 9.23. The Bertz CT molecular complexity index is 1320. The van der Waals surface area contributed by atoms with Crippen LogP contribution in [0.5, 0.6) is 11.5 Å². The van der Waals surface area contributed by atoms with Crippen LogP contribution in [0.4, 0.5) is 5.69 Å². The van der Waals surface area contributed by atoms with E-state index in [4.69, 9.17) is 18.7 Å². The number of aryl methyl sites for hydroxylation is 2. The van der Waals surface area contributed by atoms with Crippen LogP contribution in [0.2, 0.25) is 0 Å². The van der Waals surface area contributed by atoms with Crippen LogP contribution in [0.3, 0.4) is 0 Å². The van der Waals surface area contributed by atoms with Crippen molar-refractivity contribution in [2.24, 2.45) is 0 Å². The minimum absolute atomic E-state index is 0.249. The molecule has 1 aliphatic heterocycles. The van der Waals surface area contributed by atoms with Gasteiger partial charge in [0.15, 0.2) is 23.9 Å². The number of hydrogen-bond acceptors (Lipinski definition) is 8. The molecule has 0 saturated heterocycles. The number of allylic oxidation sites excluding steroid dienone is 1. The number of rotatable bonds is 8. The highest BCUT2D eigenvalue weighted by atomic mass is 16.5. The Labute approximate surface area is 210 Å². The first kappa shape index (κ1) is 25.0. The summed E-state index contributed by atoms with van der Waals surface area (Å²) in [5, 5.41) is 3.92. The first-order valence-corrected chi connectivity index (χ1v) is 11.6. The van der Waals surface area contributed by atoms with E-state index in [0.717, 1.165) is 28.2 Å². The van der Waals surface area contributed by atoms with E-state index in [1.165, 1.54) is 13.2 Å². The molecule has 0 atom stereocenters. The fourth-order valence-corrected chi connectivity index (χ4v) is 4.44. The predicted molar refractivity (Wildman–Crippen MR) is 135 cm³/mol. The zero-order valence-electron chi connectivity index (χ0n) is 21.4. The van der Waals surface area contributed by atoms with E-state index < -0.39 is 5.97 Å². The van der Waals surface area contributed by atoms with Gasteiger partial charge in [-0.15, -0.1) is 0 Å². The number of fused-ring (bicyclic) bond motifs is 1. The molecule has 1 aromatic heterocycles. The zero-order chi connectivity index (χ0) is 26.0. The van der Waals surface area contributed by atoms with Gasteiger partial charge in [-0.25, -0.2) is 4.79 Å². The van der Waals surface area contributed by atoms with Crippen molar-refractivity contribution in [1.82, 2.24) is 5.16 Å². The quantitative estimate of drug-likeness (QED) is 0.325. The predicted octanol–water partition coefficient (Wildman–Crippen LogP) is 4.92. The number of carbonyl (C=O) groups is 2. The number of ketones is 1. The highest BCUT2D eigenvalue weighted by molar-refractivity contribution is 5.96. The minimum Gasteiger partial charge on any atom is -0.493 e. The number of esters is 1. The maximum Gasteiger partial charge on any atom is 0.338 e. The molecule has 36 heavy (non-hydrogen) atoms. The summed E-state index contributed by atoms with van der Waals surface area (Å²) < 4.78 is 21.7. The van der Waals surface area contributed by atoms with Crippen LogP contribution in [0, 0.1) is 13.8 Å². The molecule has 2 heterocycles. The fraction of sp³-hybridized carbons (Fsp3) is 0.321. The fourth-order valence-electron chi connectivity index (χ4n) is 4.44. The van der Waals surface area contributed by atoms with Gasteiger partial charge in [-0.05, 0) is 43.7 Å². The first-order chi connectivity index (χ1) is 17.1. The van der Waals surface area contributed by atoms with Gasteiger partial charge < -0.3 is 23.6 Å². The third-order valence-corrected chi connectivity index (χ3v) is 6.54.